The highest BCUT2D eigenvalue weighted by Gasteiger charge is 2.26. The van der Waals surface area contributed by atoms with Gasteiger partial charge in [0.1, 0.15) is 12.3 Å². The largest absolute Gasteiger partial charge is 0.462 e. The predicted octanol–water partition coefficient (Wildman–Crippen LogP) is 4.58. The molecule has 0 atom stereocenters. The number of hydrogen-bond acceptors (Lipinski definition) is 7. The maximum absolute atomic E-state index is 12.4. The van der Waals surface area contributed by atoms with Crippen LogP contribution in [0.3, 0.4) is 0 Å². The Morgan fingerprint density at radius 3 is 2.33 bits per heavy atom. The number of aromatic amines is 1. The van der Waals surface area contributed by atoms with Gasteiger partial charge in [0.15, 0.2) is 0 Å². The normalized spacial score (nSPS) is 10.6. The number of ether oxygens (including phenoxy) is 3. The molecule has 0 saturated heterocycles. The number of H-pyrrole nitrogens is 1. The molecule has 1 aromatic carbocycles. The summed E-state index contributed by atoms with van der Waals surface area (Å²) in [5.74, 6) is -1.50. The highest BCUT2D eigenvalue weighted by atomic mass is 79.9. The Labute approximate surface area is 188 Å². The minimum atomic E-state index is -0.590. The summed E-state index contributed by atoms with van der Waals surface area (Å²) in [6.07, 6.45) is 0. The van der Waals surface area contributed by atoms with E-state index in [2.05, 4.69) is 20.9 Å². The maximum Gasteiger partial charge on any atom is 0.355 e. The third kappa shape index (κ3) is 6.12. The zero-order chi connectivity index (χ0) is 22.3. The Bertz CT molecular complexity index is 940. The molecule has 162 valence electrons. The number of benzene rings is 1. The summed E-state index contributed by atoms with van der Waals surface area (Å²) in [7, 11) is 0. The summed E-state index contributed by atoms with van der Waals surface area (Å²) in [6.45, 7) is 7.15. The second-order valence-corrected chi connectivity index (χ2v) is 8.21. The lowest BCUT2D eigenvalue weighted by Crippen LogP contribution is -2.12. The number of aryl methyl sites for hydroxylation is 1. The van der Waals surface area contributed by atoms with Crippen LogP contribution in [-0.4, -0.2) is 41.9 Å². The van der Waals surface area contributed by atoms with Gasteiger partial charge in [0, 0.05) is 9.37 Å². The molecular weight excluding hydrogens is 474 g/mol. The van der Waals surface area contributed by atoms with E-state index in [4.69, 9.17) is 14.2 Å². The number of nitrogens with one attached hydrogen (secondary N) is 1. The third-order valence-corrected chi connectivity index (χ3v) is 5.79. The maximum atomic E-state index is 12.4. The van der Waals surface area contributed by atoms with Crippen molar-refractivity contribution < 1.29 is 28.6 Å². The fourth-order valence-corrected chi connectivity index (χ4v) is 4.04. The van der Waals surface area contributed by atoms with E-state index in [9.17, 15) is 14.4 Å². The average Bonchev–Trinajstić information content (AvgIpc) is 3.02. The Balaban J connectivity index is 2.10. The second-order valence-electron chi connectivity index (χ2n) is 6.28. The Morgan fingerprint density at radius 2 is 1.70 bits per heavy atom. The number of thioether (sulfide) groups is 1. The minimum Gasteiger partial charge on any atom is -0.462 e. The van der Waals surface area contributed by atoms with Gasteiger partial charge in [0.2, 0.25) is 0 Å². The van der Waals surface area contributed by atoms with Gasteiger partial charge in [-0.25, -0.2) is 9.59 Å². The number of hydrogen-bond donors (Lipinski definition) is 1. The van der Waals surface area contributed by atoms with Crippen LogP contribution in [-0.2, 0) is 25.6 Å². The SMILES string of the molecule is CCOC(=O)c1[nH]c(COC(=O)CSc2ccc(Br)cc2C)c(C(=O)OCC)c1C. The van der Waals surface area contributed by atoms with Crippen LogP contribution in [0.25, 0.3) is 0 Å². The van der Waals surface area contributed by atoms with Crippen LogP contribution in [0.5, 0.6) is 0 Å². The van der Waals surface area contributed by atoms with Gasteiger partial charge in [-0.05, 0) is 57.0 Å². The van der Waals surface area contributed by atoms with Gasteiger partial charge in [0.25, 0.3) is 0 Å². The molecule has 2 aromatic rings. The van der Waals surface area contributed by atoms with Crippen molar-refractivity contribution in [1.82, 2.24) is 4.98 Å². The smallest absolute Gasteiger partial charge is 0.355 e. The number of rotatable bonds is 9. The van der Waals surface area contributed by atoms with Gasteiger partial charge in [0.05, 0.1) is 30.2 Å². The Hall–Kier alpha value is -2.26. The van der Waals surface area contributed by atoms with Gasteiger partial charge >= 0.3 is 17.9 Å². The molecule has 0 radical (unpaired) electrons. The second kappa shape index (κ2) is 11.2. The summed E-state index contributed by atoms with van der Waals surface area (Å²) in [4.78, 5) is 40.6. The number of carbonyl (C=O) groups excluding carboxylic acids is 3. The van der Waals surface area contributed by atoms with E-state index >= 15 is 0 Å². The van der Waals surface area contributed by atoms with Crippen LogP contribution in [0.1, 0.15) is 51.5 Å². The number of esters is 3. The van der Waals surface area contributed by atoms with E-state index in [1.54, 1.807) is 20.8 Å². The van der Waals surface area contributed by atoms with E-state index in [-0.39, 0.29) is 36.8 Å². The molecule has 0 spiro atoms. The molecule has 0 saturated carbocycles. The Morgan fingerprint density at radius 1 is 1.03 bits per heavy atom. The molecule has 1 aromatic heterocycles. The summed E-state index contributed by atoms with van der Waals surface area (Å²) >= 11 is 4.78. The van der Waals surface area contributed by atoms with Crippen molar-refractivity contribution in [2.24, 2.45) is 0 Å². The van der Waals surface area contributed by atoms with Crippen molar-refractivity contribution in [3.05, 3.63) is 50.8 Å². The van der Waals surface area contributed by atoms with Crippen molar-refractivity contribution in [2.75, 3.05) is 19.0 Å². The topological polar surface area (TPSA) is 94.7 Å². The fourth-order valence-electron chi connectivity index (χ4n) is 2.76. The summed E-state index contributed by atoms with van der Waals surface area (Å²) < 4.78 is 16.4. The van der Waals surface area contributed by atoms with Crippen molar-refractivity contribution in [3.8, 4) is 0 Å². The van der Waals surface area contributed by atoms with Crippen molar-refractivity contribution >= 4 is 45.6 Å². The molecule has 0 amide bonds. The van der Waals surface area contributed by atoms with Crippen LogP contribution >= 0.6 is 27.7 Å². The molecule has 0 aliphatic carbocycles. The van der Waals surface area contributed by atoms with Crippen LogP contribution in [0.15, 0.2) is 27.6 Å². The van der Waals surface area contributed by atoms with E-state index < -0.39 is 17.9 Å². The summed E-state index contributed by atoms with van der Waals surface area (Å²) in [5, 5.41) is 0. The first kappa shape index (κ1) is 24.0. The number of halogens is 1. The zero-order valence-corrected chi connectivity index (χ0v) is 19.7. The van der Waals surface area contributed by atoms with Crippen molar-refractivity contribution in [1.29, 1.82) is 0 Å². The standard InChI is InChI=1S/C21H24BrNO6S/c1-5-27-20(25)18-13(4)19(21(26)28-6-2)23-15(18)10-29-17(24)11-30-16-8-7-14(22)9-12(16)3/h7-9,23H,5-6,10-11H2,1-4H3. The molecule has 7 nitrogen and oxygen atoms in total. The lowest BCUT2D eigenvalue weighted by atomic mass is 10.1. The summed E-state index contributed by atoms with van der Waals surface area (Å²) in [6, 6.07) is 5.80. The van der Waals surface area contributed by atoms with E-state index in [0.29, 0.717) is 11.3 Å². The van der Waals surface area contributed by atoms with Gasteiger partial charge in [-0.2, -0.15) is 0 Å². The fraction of sp³-hybridized carbons (Fsp3) is 0.381. The molecule has 0 fully saturated rings. The highest BCUT2D eigenvalue weighted by molar-refractivity contribution is 9.10. The van der Waals surface area contributed by atoms with Gasteiger partial charge < -0.3 is 19.2 Å². The molecule has 1 N–H and O–H groups in total. The average molecular weight is 498 g/mol. The first-order chi connectivity index (χ1) is 14.3. The third-order valence-electron chi connectivity index (χ3n) is 4.15. The van der Waals surface area contributed by atoms with Gasteiger partial charge in [-0.15, -0.1) is 11.8 Å². The molecule has 9 heteroatoms. The Kier molecular flexibility index (Phi) is 8.98. The van der Waals surface area contributed by atoms with Crippen molar-refractivity contribution in [2.45, 2.75) is 39.2 Å². The molecule has 0 aliphatic heterocycles. The molecular formula is C21H24BrNO6S. The molecule has 2 rings (SSSR count). The van der Waals surface area contributed by atoms with Crippen molar-refractivity contribution in [3.63, 3.8) is 0 Å². The number of aromatic nitrogens is 1. The quantitative estimate of drug-likeness (QED) is 0.307. The van der Waals surface area contributed by atoms with Crippen LogP contribution in [0, 0.1) is 13.8 Å². The molecule has 0 bridgehead atoms. The molecule has 1 heterocycles. The van der Waals surface area contributed by atoms with E-state index in [0.717, 1.165) is 14.9 Å². The molecule has 0 unspecified atom stereocenters. The highest BCUT2D eigenvalue weighted by Crippen LogP contribution is 2.26. The van der Waals surface area contributed by atoms with E-state index in [1.165, 1.54) is 11.8 Å². The lowest BCUT2D eigenvalue weighted by molar-refractivity contribution is -0.141. The van der Waals surface area contributed by atoms with Crippen LogP contribution in [0.2, 0.25) is 0 Å². The lowest BCUT2D eigenvalue weighted by Gasteiger charge is -2.08. The van der Waals surface area contributed by atoms with Crippen LogP contribution < -0.4 is 0 Å². The van der Waals surface area contributed by atoms with Crippen LogP contribution in [0.4, 0.5) is 0 Å². The first-order valence-corrected chi connectivity index (χ1v) is 11.2. The van der Waals surface area contributed by atoms with Gasteiger partial charge in [-0.3, -0.25) is 4.79 Å². The number of carbonyl (C=O) groups is 3. The predicted molar refractivity (Wildman–Crippen MR) is 117 cm³/mol. The molecule has 30 heavy (non-hydrogen) atoms. The monoisotopic (exact) mass is 497 g/mol. The van der Waals surface area contributed by atoms with E-state index in [1.807, 2.05) is 25.1 Å². The zero-order valence-electron chi connectivity index (χ0n) is 17.3. The minimum absolute atomic E-state index is 0.113. The first-order valence-electron chi connectivity index (χ1n) is 9.38. The van der Waals surface area contributed by atoms with Gasteiger partial charge in [-0.1, -0.05) is 15.9 Å². The summed E-state index contributed by atoms with van der Waals surface area (Å²) in [5.41, 5.74) is 2.07. The molecule has 0 aliphatic rings.